The quantitative estimate of drug-likeness (QED) is 0.352. The van der Waals surface area contributed by atoms with Crippen molar-refractivity contribution in [1.82, 2.24) is 19.9 Å². The average Bonchev–Trinajstić information content (AvgIpc) is 3.29. The molecule has 4 rings (SSSR count). The third kappa shape index (κ3) is 5.52. The van der Waals surface area contributed by atoms with Crippen LogP contribution in [0.1, 0.15) is 48.9 Å². The Morgan fingerprint density at radius 2 is 2.03 bits per heavy atom. The number of pyridine rings is 1. The summed E-state index contributed by atoms with van der Waals surface area (Å²) in [5, 5.41) is 10.1. The molecule has 1 aliphatic rings. The van der Waals surface area contributed by atoms with Gasteiger partial charge in [0.1, 0.15) is 5.82 Å². The van der Waals surface area contributed by atoms with Crippen LogP contribution in [-0.2, 0) is 0 Å². The summed E-state index contributed by atoms with van der Waals surface area (Å²) in [6.07, 6.45) is 5.86. The number of hydrogen-bond acceptors (Lipinski definition) is 8. The molecular formula is C25H33N7S. The van der Waals surface area contributed by atoms with E-state index >= 15 is 0 Å². The summed E-state index contributed by atoms with van der Waals surface area (Å²) in [7, 11) is 1.74. The lowest BCUT2D eigenvalue weighted by molar-refractivity contribution is 0.172. The number of hydrogen-bond donors (Lipinski definition) is 3. The van der Waals surface area contributed by atoms with Crippen molar-refractivity contribution in [2.75, 3.05) is 25.5 Å². The molecule has 0 spiro atoms. The Balaban J connectivity index is 1.45. The van der Waals surface area contributed by atoms with Crippen LogP contribution in [0.3, 0.4) is 0 Å². The number of hydrazine groups is 1. The molecule has 0 saturated carbocycles. The van der Waals surface area contributed by atoms with Crippen LogP contribution in [0, 0.1) is 0 Å². The number of anilines is 1. The minimum Gasteiger partial charge on any atom is -0.397 e. The average molecular weight is 464 g/mol. The minimum atomic E-state index is 0.537. The fourth-order valence-corrected chi connectivity index (χ4v) is 5.18. The molecule has 7 nitrogen and oxygen atoms in total. The van der Waals surface area contributed by atoms with Gasteiger partial charge in [-0.2, -0.15) is 0 Å². The van der Waals surface area contributed by atoms with Gasteiger partial charge in [-0.1, -0.05) is 18.7 Å². The molecule has 1 fully saturated rings. The van der Waals surface area contributed by atoms with Crippen LogP contribution >= 0.6 is 11.3 Å². The van der Waals surface area contributed by atoms with Crippen molar-refractivity contribution < 1.29 is 0 Å². The summed E-state index contributed by atoms with van der Waals surface area (Å²) in [5.74, 6) is 6.95. The Morgan fingerprint density at radius 1 is 1.27 bits per heavy atom. The van der Waals surface area contributed by atoms with Gasteiger partial charge in [-0.15, -0.1) is 11.3 Å². The first-order valence-corrected chi connectivity index (χ1v) is 12.2. The van der Waals surface area contributed by atoms with Gasteiger partial charge >= 0.3 is 0 Å². The number of thiazole rings is 1. The molecule has 3 heterocycles. The van der Waals surface area contributed by atoms with Gasteiger partial charge in [0.2, 0.25) is 0 Å². The van der Waals surface area contributed by atoms with E-state index in [1.54, 1.807) is 24.6 Å². The van der Waals surface area contributed by atoms with Crippen molar-refractivity contribution in [3.63, 3.8) is 0 Å². The minimum absolute atomic E-state index is 0.537. The maximum atomic E-state index is 6.15. The highest BCUT2D eigenvalue weighted by molar-refractivity contribution is 7.09. The van der Waals surface area contributed by atoms with E-state index in [0.717, 1.165) is 59.5 Å². The van der Waals surface area contributed by atoms with Crippen LogP contribution in [-0.4, -0.2) is 46.1 Å². The Kier molecular flexibility index (Phi) is 6.97. The Morgan fingerprint density at radius 3 is 2.73 bits per heavy atom. The summed E-state index contributed by atoms with van der Waals surface area (Å²) >= 11 is 1.73. The maximum absolute atomic E-state index is 6.15. The summed E-state index contributed by atoms with van der Waals surface area (Å²) in [5.41, 5.74) is 9.30. The molecule has 0 bridgehead atoms. The lowest BCUT2D eigenvalue weighted by atomic mass is 9.97. The van der Waals surface area contributed by atoms with E-state index in [1.165, 1.54) is 10.0 Å². The van der Waals surface area contributed by atoms with Crippen molar-refractivity contribution in [2.45, 2.75) is 38.6 Å². The van der Waals surface area contributed by atoms with Crippen LogP contribution in [0.25, 0.3) is 22.2 Å². The van der Waals surface area contributed by atoms with Crippen LogP contribution in [0.4, 0.5) is 5.82 Å². The third-order valence-electron chi connectivity index (χ3n) is 6.12. The number of nitrogens with one attached hydrogen (secondary N) is 1. The summed E-state index contributed by atoms with van der Waals surface area (Å²) in [4.78, 5) is 12.0. The highest BCUT2D eigenvalue weighted by Crippen LogP contribution is 2.32. The second kappa shape index (κ2) is 9.91. The highest BCUT2D eigenvalue weighted by Gasteiger charge is 2.24. The molecule has 2 aromatic heterocycles. The molecule has 174 valence electrons. The molecule has 33 heavy (non-hydrogen) atoms. The van der Waals surface area contributed by atoms with Crippen LogP contribution in [0.2, 0.25) is 0 Å². The van der Waals surface area contributed by atoms with Gasteiger partial charge in [-0.25, -0.2) is 15.8 Å². The van der Waals surface area contributed by atoms with E-state index in [2.05, 4.69) is 41.0 Å². The first-order valence-electron chi connectivity index (χ1n) is 11.3. The van der Waals surface area contributed by atoms with Crippen LogP contribution in [0.15, 0.2) is 48.6 Å². The first-order chi connectivity index (χ1) is 15.8. The zero-order valence-corrected chi connectivity index (χ0v) is 20.4. The van der Waals surface area contributed by atoms with Crippen molar-refractivity contribution in [3.8, 4) is 0 Å². The van der Waals surface area contributed by atoms with Gasteiger partial charge in [0.25, 0.3) is 0 Å². The Hall–Kier alpha value is -2.94. The molecular weight excluding hydrogens is 430 g/mol. The molecule has 0 aliphatic carbocycles. The zero-order valence-electron chi connectivity index (χ0n) is 19.6. The number of likely N-dealkylation sites (tertiary alicyclic amines) is 1. The Bertz CT molecular complexity index is 1160. The van der Waals surface area contributed by atoms with Crippen molar-refractivity contribution >= 4 is 39.3 Å². The molecule has 3 aromatic rings. The molecule has 8 heteroatoms. The fraction of sp³-hybridized carbons (Fsp3) is 0.360. The lowest BCUT2D eigenvalue weighted by Crippen LogP contribution is -2.37. The summed E-state index contributed by atoms with van der Waals surface area (Å²) < 4.78 is 0. The maximum Gasteiger partial charge on any atom is 0.130 e. The number of fused-ring (bicyclic) bond motifs is 1. The molecule has 0 unspecified atom stereocenters. The second-order valence-corrected chi connectivity index (χ2v) is 9.85. The smallest absolute Gasteiger partial charge is 0.130 e. The van der Waals surface area contributed by atoms with Crippen LogP contribution < -0.4 is 16.9 Å². The van der Waals surface area contributed by atoms with Gasteiger partial charge in [-0.3, -0.25) is 0 Å². The number of benzene rings is 1. The highest BCUT2D eigenvalue weighted by atomic mass is 32.1. The predicted octanol–water partition coefficient (Wildman–Crippen LogP) is 4.42. The lowest BCUT2D eigenvalue weighted by Gasteiger charge is -2.33. The summed E-state index contributed by atoms with van der Waals surface area (Å²) in [6, 6.07) is 8.61. The van der Waals surface area contributed by atoms with Crippen LogP contribution in [0.5, 0.6) is 0 Å². The van der Waals surface area contributed by atoms with E-state index in [1.807, 2.05) is 30.5 Å². The van der Waals surface area contributed by atoms with E-state index < -0.39 is 0 Å². The topological polar surface area (TPSA) is 96.3 Å². The number of nitrogens with zero attached hydrogens (tertiary/aromatic N) is 4. The molecule has 1 aromatic carbocycles. The third-order valence-corrected chi connectivity index (χ3v) is 7.12. The monoisotopic (exact) mass is 463 g/mol. The zero-order chi connectivity index (χ0) is 23.5. The largest absolute Gasteiger partial charge is 0.397 e. The van der Waals surface area contributed by atoms with E-state index in [-0.39, 0.29) is 0 Å². The second-order valence-electron chi connectivity index (χ2n) is 8.96. The van der Waals surface area contributed by atoms with Gasteiger partial charge in [0.05, 0.1) is 22.1 Å². The Labute approximate surface area is 199 Å². The molecule has 1 saturated heterocycles. The number of aromatic nitrogens is 2. The van der Waals surface area contributed by atoms with E-state index in [9.17, 15) is 0 Å². The van der Waals surface area contributed by atoms with E-state index in [0.29, 0.717) is 17.7 Å². The predicted molar refractivity (Wildman–Crippen MR) is 139 cm³/mol. The summed E-state index contributed by atoms with van der Waals surface area (Å²) in [6.45, 7) is 11.0. The van der Waals surface area contributed by atoms with Gasteiger partial charge in [-0.05, 0) is 62.9 Å². The van der Waals surface area contributed by atoms with Gasteiger partial charge in [0, 0.05) is 42.2 Å². The van der Waals surface area contributed by atoms with Gasteiger partial charge in [0.15, 0.2) is 0 Å². The fourth-order valence-electron chi connectivity index (χ4n) is 4.18. The number of rotatable bonds is 7. The van der Waals surface area contributed by atoms with Crippen molar-refractivity contribution in [2.24, 2.45) is 11.6 Å². The SMILES string of the molecule is C=C(Nc1cc2cc(/C(N)=C/N(C)N)ccc2cn1)c1csc(C2CCN(C(C)C)CC2)n1. The van der Waals surface area contributed by atoms with E-state index in [4.69, 9.17) is 16.6 Å². The molecule has 0 radical (unpaired) electrons. The molecule has 1 aliphatic heterocycles. The standard InChI is InChI=1S/C25H33N7S/c1-16(2)32-9-7-18(8-10-32)25-30-23(15-33-25)17(3)29-24-12-21-11-19(22(26)14-31(4)27)5-6-20(21)13-28-24/h5-6,11-16,18H,3,7-10,26-27H2,1-2,4H3,(H,28,29)/b22-14-. The molecule has 0 amide bonds. The number of nitrogens with two attached hydrogens (primary N) is 2. The first kappa shape index (κ1) is 23.2. The van der Waals surface area contributed by atoms with Gasteiger partial charge < -0.3 is 21.0 Å². The normalized spacial score (nSPS) is 15.8. The number of piperidine rings is 1. The van der Waals surface area contributed by atoms with Crippen molar-refractivity contribution in [1.29, 1.82) is 0 Å². The van der Waals surface area contributed by atoms with Crippen molar-refractivity contribution in [3.05, 3.63) is 64.9 Å². The molecule has 5 N–H and O–H groups in total. The molecule has 0 atom stereocenters.